The number of fused-ring (bicyclic) bond motifs is 1. The first kappa shape index (κ1) is 12.1. The van der Waals surface area contributed by atoms with E-state index in [9.17, 15) is 0 Å². The molecule has 3 N–H and O–H groups in total. The Morgan fingerprint density at radius 2 is 1.94 bits per heavy atom. The Morgan fingerprint density at radius 1 is 1.24 bits per heavy atom. The lowest BCUT2D eigenvalue weighted by Crippen LogP contribution is -2.27. The maximum Gasteiger partial charge on any atom is 0.0569 e. The molecule has 1 atom stereocenters. The molecule has 17 heavy (non-hydrogen) atoms. The zero-order valence-corrected chi connectivity index (χ0v) is 10.9. The number of hydrogen-bond acceptors (Lipinski definition) is 2. The van der Waals surface area contributed by atoms with Crippen LogP contribution in [0.25, 0.3) is 10.8 Å². The number of terminal acetylenes is 1. The minimum atomic E-state index is 0.00745. The molecule has 0 radical (unpaired) electrons. The normalized spacial score (nSPS) is 12.3. The molecule has 0 saturated carbocycles. The molecular weight excluding hydrogens is 276 g/mol. The lowest BCUT2D eigenvalue weighted by atomic mass is 10.0. The van der Waals surface area contributed by atoms with E-state index in [2.05, 4.69) is 57.6 Å². The van der Waals surface area contributed by atoms with E-state index in [1.165, 1.54) is 10.8 Å². The SMILES string of the molecule is C#CCC(NN)c1ccc2cc(Br)ccc2c1. The second-order valence-corrected chi connectivity index (χ2v) is 4.79. The zero-order valence-electron chi connectivity index (χ0n) is 9.28. The van der Waals surface area contributed by atoms with Crippen LogP contribution in [0, 0.1) is 12.3 Å². The number of benzene rings is 2. The van der Waals surface area contributed by atoms with Gasteiger partial charge < -0.3 is 0 Å². The molecule has 2 aromatic carbocycles. The van der Waals surface area contributed by atoms with Gasteiger partial charge in [-0.2, -0.15) is 0 Å². The van der Waals surface area contributed by atoms with Gasteiger partial charge in [0.1, 0.15) is 0 Å². The fraction of sp³-hybridized carbons (Fsp3) is 0.143. The summed E-state index contributed by atoms with van der Waals surface area (Å²) < 4.78 is 1.08. The molecule has 0 saturated heterocycles. The Morgan fingerprint density at radius 3 is 2.65 bits per heavy atom. The van der Waals surface area contributed by atoms with Gasteiger partial charge in [0.05, 0.1) is 6.04 Å². The van der Waals surface area contributed by atoms with Crippen molar-refractivity contribution in [2.75, 3.05) is 0 Å². The van der Waals surface area contributed by atoms with Crippen molar-refractivity contribution in [3.8, 4) is 12.3 Å². The largest absolute Gasteiger partial charge is 0.271 e. The van der Waals surface area contributed by atoms with Crippen molar-refractivity contribution in [3.05, 3.63) is 46.4 Å². The van der Waals surface area contributed by atoms with Crippen LogP contribution in [0.4, 0.5) is 0 Å². The molecule has 0 aliphatic carbocycles. The molecule has 0 heterocycles. The Labute approximate surface area is 109 Å². The van der Waals surface area contributed by atoms with Crippen LogP contribution in [0.1, 0.15) is 18.0 Å². The summed E-state index contributed by atoms with van der Waals surface area (Å²) in [6.07, 6.45) is 5.90. The van der Waals surface area contributed by atoms with Gasteiger partial charge in [0.25, 0.3) is 0 Å². The van der Waals surface area contributed by atoms with Crippen molar-refractivity contribution in [1.29, 1.82) is 0 Å². The third-order valence-corrected chi connectivity index (χ3v) is 3.25. The molecule has 0 aliphatic heterocycles. The van der Waals surface area contributed by atoms with Gasteiger partial charge in [0.2, 0.25) is 0 Å². The lowest BCUT2D eigenvalue weighted by molar-refractivity contribution is 0.569. The molecular formula is C14H13BrN2. The molecule has 2 aromatic rings. The Hall–Kier alpha value is -1.34. The van der Waals surface area contributed by atoms with Gasteiger partial charge in [0, 0.05) is 10.9 Å². The third kappa shape index (κ3) is 2.67. The van der Waals surface area contributed by atoms with Gasteiger partial charge >= 0.3 is 0 Å². The molecule has 2 rings (SSSR count). The second-order valence-electron chi connectivity index (χ2n) is 3.88. The summed E-state index contributed by atoms with van der Waals surface area (Å²) in [6.45, 7) is 0. The van der Waals surface area contributed by atoms with E-state index >= 15 is 0 Å². The fourth-order valence-corrected chi connectivity index (χ4v) is 2.22. The minimum absolute atomic E-state index is 0.00745. The first-order chi connectivity index (χ1) is 8.24. The van der Waals surface area contributed by atoms with Crippen molar-refractivity contribution in [2.45, 2.75) is 12.5 Å². The first-order valence-electron chi connectivity index (χ1n) is 5.33. The number of nitrogens with one attached hydrogen (secondary N) is 1. The van der Waals surface area contributed by atoms with Crippen LogP contribution in [0.2, 0.25) is 0 Å². The second kappa shape index (κ2) is 5.33. The van der Waals surface area contributed by atoms with Crippen molar-refractivity contribution >= 4 is 26.7 Å². The summed E-state index contributed by atoms with van der Waals surface area (Å²) in [5, 5.41) is 2.38. The van der Waals surface area contributed by atoms with Crippen LogP contribution in [0.3, 0.4) is 0 Å². The molecule has 3 heteroatoms. The predicted octanol–water partition coefficient (Wildman–Crippen LogP) is 3.13. The third-order valence-electron chi connectivity index (χ3n) is 2.75. The Balaban J connectivity index is 2.44. The standard InChI is InChI=1S/C14H13BrN2/c1-2-3-14(17-16)12-5-4-11-9-13(15)7-6-10(11)8-12/h1,4-9,14,17H,3,16H2. The van der Waals surface area contributed by atoms with E-state index in [0.717, 1.165) is 10.0 Å². The van der Waals surface area contributed by atoms with E-state index in [1.807, 2.05) is 6.07 Å². The molecule has 86 valence electrons. The summed E-state index contributed by atoms with van der Waals surface area (Å²) >= 11 is 3.46. The highest BCUT2D eigenvalue weighted by atomic mass is 79.9. The average Bonchev–Trinajstić information content (AvgIpc) is 2.35. The molecule has 2 nitrogen and oxygen atoms in total. The molecule has 0 aliphatic rings. The van der Waals surface area contributed by atoms with Crippen molar-refractivity contribution in [3.63, 3.8) is 0 Å². The number of nitrogens with two attached hydrogens (primary N) is 1. The molecule has 0 spiro atoms. The monoisotopic (exact) mass is 288 g/mol. The average molecular weight is 289 g/mol. The van der Waals surface area contributed by atoms with Crippen molar-refractivity contribution in [1.82, 2.24) is 5.43 Å². The van der Waals surface area contributed by atoms with Gasteiger partial charge in [-0.1, -0.05) is 34.1 Å². The number of halogens is 1. The van der Waals surface area contributed by atoms with Gasteiger partial charge in [0.15, 0.2) is 0 Å². The highest BCUT2D eigenvalue weighted by molar-refractivity contribution is 9.10. The maximum atomic E-state index is 5.51. The molecule has 1 unspecified atom stereocenters. The van der Waals surface area contributed by atoms with E-state index < -0.39 is 0 Å². The van der Waals surface area contributed by atoms with Gasteiger partial charge in [-0.15, -0.1) is 12.3 Å². The zero-order chi connectivity index (χ0) is 12.3. The molecule has 0 amide bonds. The van der Waals surface area contributed by atoms with E-state index in [1.54, 1.807) is 0 Å². The van der Waals surface area contributed by atoms with Gasteiger partial charge in [-0.25, -0.2) is 0 Å². The molecule has 0 bridgehead atoms. The van der Waals surface area contributed by atoms with Crippen LogP contribution < -0.4 is 11.3 Å². The van der Waals surface area contributed by atoms with Crippen LogP contribution in [0.15, 0.2) is 40.9 Å². The van der Waals surface area contributed by atoms with Crippen LogP contribution in [-0.2, 0) is 0 Å². The summed E-state index contributed by atoms with van der Waals surface area (Å²) in [6, 6.07) is 12.4. The number of rotatable bonds is 3. The first-order valence-corrected chi connectivity index (χ1v) is 6.12. The lowest BCUT2D eigenvalue weighted by Gasteiger charge is -2.14. The number of hydrogen-bond donors (Lipinski definition) is 2. The highest BCUT2D eigenvalue weighted by Gasteiger charge is 2.08. The molecule has 0 fully saturated rings. The van der Waals surface area contributed by atoms with Gasteiger partial charge in [-0.3, -0.25) is 11.3 Å². The highest BCUT2D eigenvalue weighted by Crippen LogP contribution is 2.24. The quantitative estimate of drug-likeness (QED) is 0.517. The van der Waals surface area contributed by atoms with Crippen molar-refractivity contribution < 1.29 is 0 Å². The summed E-state index contributed by atoms with van der Waals surface area (Å²) in [5.74, 6) is 8.13. The Kier molecular flexibility index (Phi) is 3.80. The van der Waals surface area contributed by atoms with Crippen LogP contribution in [0.5, 0.6) is 0 Å². The van der Waals surface area contributed by atoms with Gasteiger partial charge in [-0.05, 0) is 34.5 Å². The summed E-state index contributed by atoms with van der Waals surface area (Å²) in [7, 11) is 0. The molecule has 0 aromatic heterocycles. The number of hydrazine groups is 1. The van der Waals surface area contributed by atoms with E-state index in [-0.39, 0.29) is 6.04 Å². The van der Waals surface area contributed by atoms with Crippen LogP contribution in [-0.4, -0.2) is 0 Å². The fourth-order valence-electron chi connectivity index (χ4n) is 1.84. The minimum Gasteiger partial charge on any atom is -0.271 e. The van der Waals surface area contributed by atoms with Crippen LogP contribution >= 0.6 is 15.9 Å². The van der Waals surface area contributed by atoms with Crippen molar-refractivity contribution in [2.24, 2.45) is 5.84 Å². The Bertz CT molecular complexity index is 572. The van der Waals surface area contributed by atoms with E-state index in [0.29, 0.717) is 6.42 Å². The maximum absolute atomic E-state index is 5.51. The summed E-state index contributed by atoms with van der Waals surface area (Å²) in [5.41, 5.74) is 3.85. The predicted molar refractivity (Wildman–Crippen MR) is 75.2 cm³/mol. The smallest absolute Gasteiger partial charge is 0.0569 e. The summed E-state index contributed by atoms with van der Waals surface area (Å²) in [4.78, 5) is 0. The topological polar surface area (TPSA) is 38.0 Å². The van der Waals surface area contributed by atoms with E-state index in [4.69, 9.17) is 12.3 Å².